The summed E-state index contributed by atoms with van der Waals surface area (Å²) < 4.78 is 12.6. The largest absolute Gasteiger partial charge is 0.396 e. The zero-order valence-electron chi connectivity index (χ0n) is 9.49. The van der Waals surface area contributed by atoms with E-state index in [2.05, 4.69) is 5.32 Å². The minimum Gasteiger partial charge on any atom is -0.396 e. The van der Waals surface area contributed by atoms with Gasteiger partial charge in [-0.15, -0.1) is 0 Å². The first kappa shape index (κ1) is 14.0. The molecule has 0 spiro atoms. The SMILES string of the molecule is O=C(CSCCCO)NCc1ccc(F)cc1. The van der Waals surface area contributed by atoms with Gasteiger partial charge in [-0.3, -0.25) is 4.79 Å². The fourth-order valence-corrected chi connectivity index (χ4v) is 1.95. The third-order valence-electron chi connectivity index (χ3n) is 2.08. The van der Waals surface area contributed by atoms with Gasteiger partial charge in [0.2, 0.25) is 5.91 Å². The Bertz CT molecular complexity index is 343. The van der Waals surface area contributed by atoms with Crippen LogP contribution in [0.5, 0.6) is 0 Å². The molecule has 0 saturated carbocycles. The Morgan fingerprint density at radius 2 is 2.06 bits per heavy atom. The molecular formula is C12H16FNO2S. The van der Waals surface area contributed by atoms with E-state index in [4.69, 9.17) is 5.11 Å². The second-order valence-corrected chi connectivity index (χ2v) is 4.64. The summed E-state index contributed by atoms with van der Waals surface area (Å²) in [6.45, 7) is 0.573. The van der Waals surface area contributed by atoms with Crippen LogP contribution in [-0.4, -0.2) is 29.1 Å². The number of rotatable bonds is 7. The van der Waals surface area contributed by atoms with Crippen molar-refractivity contribution in [2.75, 3.05) is 18.1 Å². The highest BCUT2D eigenvalue weighted by Gasteiger charge is 2.01. The molecule has 0 fully saturated rings. The van der Waals surface area contributed by atoms with Crippen molar-refractivity contribution in [2.45, 2.75) is 13.0 Å². The summed E-state index contributed by atoms with van der Waals surface area (Å²) in [5, 5.41) is 11.3. The zero-order chi connectivity index (χ0) is 12.5. The Balaban J connectivity index is 2.17. The molecule has 0 aliphatic heterocycles. The molecule has 3 nitrogen and oxygen atoms in total. The van der Waals surface area contributed by atoms with Crippen LogP contribution in [0.15, 0.2) is 24.3 Å². The maximum absolute atomic E-state index is 12.6. The van der Waals surface area contributed by atoms with Gasteiger partial charge in [-0.05, 0) is 29.9 Å². The van der Waals surface area contributed by atoms with E-state index in [9.17, 15) is 9.18 Å². The number of thioether (sulfide) groups is 1. The van der Waals surface area contributed by atoms with Crippen LogP contribution in [0.4, 0.5) is 4.39 Å². The lowest BCUT2D eigenvalue weighted by atomic mass is 10.2. The third-order valence-corrected chi connectivity index (χ3v) is 3.13. The van der Waals surface area contributed by atoms with Crippen LogP contribution in [0, 0.1) is 5.82 Å². The minimum atomic E-state index is -0.278. The minimum absolute atomic E-state index is 0.0442. The number of hydrogen-bond donors (Lipinski definition) is 2. The molecule has 0 aliphatic carbocycles. The van der Waals surface area contributed by atoms with Crippen LogP contribution in [0.1, 0.15) is 12.0 Å². The van der Waals surface area contributed by atoms with Crippen LogP contribution < -0.4 is 5.32 Å². The first-order valence-electron chi connectivity index (χ1n) is 5.42. The van der Waals surface area contributed by atoms with Crippen molar-refractivity contribution in [3.63, 3.8) is 0 Å². The molecule has 0 heterocycles. The third kappa shape index (κ3) is 6.28. The summed E-state index contributed by atoms with van der Waals surface area (Å²) in [6.07, 6.45) is 0.704. The topological polar surface area (TPSA) is 49.3 Å². The van der Waals surface area contributed by atoms with Crippen molar-refractivity contribution in [3.05, 3.63) is 35.6 Å². The van der Waals surface area contributed by atoms with Gasteiger partial charge in [-0.1, -0.05) is 12.1 Å². The molecule has 94 valence electrons. The summed E-state index contributed by atoms with van der Waals surface area (Å²) in [6, 6.07) is 6.04. The van der Waals surface area contributed by atoms with E-state index in [0.29, 0.717) is 18.7 Å². The molecule has 5 heteroatoms. The number of amides is 1. The quantitative estimate of drug-likeness (QED) is 0.729. The van der Waals surface area contributed by atoms with Gasteiger partial charge in [0.05, 0.1) is 5.75 Å². The van der Waals surface area contributed by atoms with Gasteiger partial charge in [0.15, 0.2) is 0 Å². The predicted molar refractivity (Wildman–Crippen MR) is 67.3 cm³/mol. The summed E-state index contributed by atoms with van der Waals surface area (Å²) in [5.41, 5.74) is 0.875. The normalized spacial score (nSPS) is 10.2. The number of hydrogen-bond acceptors (Lipinski definition) is 3. The Morgan fingerprint density at radius 1 is 1.35 bits per heavy atom. The fourth-order valence-electron chi connectivity index (χ4n) is 1.19. The summed E-state index contributed by atoms with van der Waals surface area (Å²) >= 11 is 1.49. The van der Waals surface area contributed by atoms with E-state index in [1.807, 2.05) is 0 Å². The second kappa shape index (κ2) is 8.08. The van der Waals surface area contributed by atoms with Gasteiger partial charge in [-0.2, -0.15) is 11.8 Å². The van der Waals surface area contributed by atoms with E-state index in [-0.39, 0.29) is 18.3 Å². The summed E-state index contributed by atoms with van der Waals surface area (Å²) in [7, 11) is 0. The molecule has 0 saturated heterocycles. The molecule has 0 bridgehead atoms. The number of aliphatic hydroxyl groups is 1. The molecule has 0 unspecified atom stereocenters. The number of carbonyl (C=O) groups excluding carboxylic acids is 1. The molecule has 1 amide bonds. The molecule has 0 aromatic heterocycles. The lowest BCUT2D eigenvalue weighted by Crippen LogP contribution is -2.24. The van der Waals surface area contributed by atoms with Crippen LogP contribution in [0.3, 0.4) is 0 Å². The van der Waals surface area contributed by atoms with Crippen molar-refractivity contribution >= 4 is 17.7 Å². The van der Waals surface area contributed by atoms with Crippen LogP contribution in [-0.2, 0) is 11.3 Å². The van der Waals surface area contributed by atoms with Crippen molar-refractivity contribution in [3.8, 4) is 0 Å². The highest BCUT2D eigenvalue weighted by atomic mass is 32.2. The highest BCUT2D eigenvalue weighted by Crippen LogP contribution is 2.04. The Hall–Kier alpha value is -1.07. The van der Waals surface area contributed by atoms with Crippen molar-refractivity contribution in [1.29, 1.82) is 0 Å². The van der Waals surface area contributed by atoms with Crippen molar-refractivity contribution in [2.24, 2.45) is 0 Å². The van der Waals surface area contributed by atoms with Gasteiger partial charge < -0.3 is 10.4 Å². The number of carbonyl (C=O) groups is 1. The zero-order valence-corrected chi connectivity index (χ0v) is 10.3. The summed E-state index contributed by atoms with van der Waals surface area (Å²) in [5.74, 6) is 0.846. The van der Waals surface area contributed by atoms with E-state index < -0.39 is 0 Å². The maximum Gasteiger partial charge on any atom is 0.230 e. The van der Waals surface area contributed by atoms with E-state index in [1.165, 1.54) is 23.9 Å². The Morgan fingerprint density at radius 3 is 2.71 bits per heavy atom. The van der Waals surface area contributed by atoms with Gasteiger partial charge in [-0.25, -0.2) is 4.39 Å². The van der Waals surface area contributed by atoms with Crippen molar-refractivity contribution < 1.29 is 14.3 Å². The lowest BCUT2D eigenvalue weighted by molar-refractivity contribution is -0.118. The first-order valence-corrected chi connectivity index (χ1v) is 6.57. The molecule has 1 aromatic rings. The standard InChI is InChI=1S/C12H16FNO2S/c13-11-4-2-10(3-5-11)8-14-12(16)9-17-7-1-6-15/h2-5,15H,1,6-9H2,(H,14,16). The molecular weight excluding hydrogens is 241 g/mol. The van der Waals surface area contributed by atoms with Gasteiger partial charge in [0.25, 0.3) is 0 Å². The van der Waals surface area contributed by atoms with Gasteiger partial charge >= 0.3 is 0 Å². The van der Waals surface area contributed by atoms with Crippen LogP contribution in [0.25, 0.3) is 0 Å². The molecule has 1 rings (SSSR count). The lowest BCUT2D eigenvalue weighted by Gasteiger charge is -2.05. The van der Waals surface area contributed by atoms with Crippen LogP contribution in [0.2, 0.25) is 0 Å². The Labute approximate surface area is 104 Å². The molecule has 0 radical (unpaired) electrons. The number of aliphatic hydroxyl groups excluding tert-OH is 1. The van der Waals surface area contributed by atoms with E-state index in [1.54, 1.807) is 12.1 Å². The van der Waals surface area contributed by atoms with E-state index >= 15 is 0 Å². The van der Waals surface area contributed by atoms with E-state index in [0.717, 1.165) is 11.3 Å². The molecule has 1 aromatic carbocycles. The van der Waals surface area contributed by atoms with Gasteiger partial charge in [0.1, 0.15) is 5.82 Å². The highest BCUT2D eigenvalue weighted by molar-refractivity contribution is 7.99. The number of halogens is 1. The first-order chi connectivity index (χ1) is 8.22. The summed E-state index contributed by atoms with van der Waals surface area (Å²) in [4.78, 5) is 11.4. The van der Waals surface area contributed by atoms with Crippen LogP contribution >= 0.6 is 11.8 Å². The van der Waals surface area contributed by atoms with Crippen molar-refractivity contribution in [1.82, 2.24) is 5.32 Å². The molecule has 0 atom stereocenters. The van der Waals surface area contributed by atoms with Gasteiger partial charge in [0, 0.05) is 13.2 Å². The fraction of sp³-hybridized carbons (Fsp3) is 0.417. The number of nitrogens with one attached hydrogen (secondary N) is 1. The average molecular weight is 257 g/mol. The Kier molecular flexibility index (Phi) is 6.65. The monoisotopic (exact) mass is 257 g/mol. The average Bonchev–Trinajstić information content (AvgIpc) is 2.34. The number of benzene rings is 1. The molecule has 0 aliphatic rings. The second-order valence-electron chi connectivity index (χ2n) is 3.53. The molecule has 17 heavy (non-hydrogen) atoms. The predicted octanol–water partition coefficient (Wildman–Crippen LogP) is 1.56. The maximum atomic E-state index is 12.6. The molecule has 2 N–H and O–H groups in total. The smallest absolute Gasteiger partial charge is 0.230 e.